The number of hydrogen-bond acceptors (Lipinski definition) is 6. The lowest BCUT2D eigenvalue weighted by Gasteiger charge is -2.06. The number of benzene rings is 3. The lowest BCUT2D eigenvalue weighted by atomic mass is 10.1. The van der Waals surface area contributed by atoms with Gasteiger partial charge < -0.3 is 10.4 Å². The van der Waals surface area contributed by atoms with E-state index < -0.39 is 10.8 Å². The highest BCUT2D eigenvalue weighted by Crippen LogP contribution is 2.21. The van der Waals surface area contributed by atoms with Crippen molar-refractivity contribution in [2.45, 2.75) is 0 Å². The van der Waals surface area contributed by atoms with Crippen molar-refractivity contribution in [3.63, 3.8) is 0 Å². The highest BCUT2D eigenvalue weighted by atomic mass is 16.6. The highest BCUT2D eigenvalue weighted by Gasteiger charge is 2.12. The minimum absolute atomic E-state index is 0.0161. The second-order valence-electron chi connectivity index (χ2n) is 5.71. The zero-order valence-corrected chi connectivity index (χ0v) is 14.1. The quantitative estimate of drug-likeness (QED) is 0.353. The van der Waals surface area contributed by atoms with Crippen LogP contribution in [0.4, 0.5) is 11.4 Å². The minimum atomic E-state index is -0.593. The number of fused-ring (bicyclic) bond motifs is 1. The zero-order chi connectivity index (χ0) is 19.2. The van der Waals surface area contributed by atoms with Gasteiger partial charge in [-0.1, -0.05) is 30.3 Å². The smallest absolute Gasteiger partial charge is 0.278 e. The first kappa shape index (κ1) is 17.9. The molecule has 0 spiro atoms. The highest BCUT2D eigenvalue weighted by molar-refractivity contribution is 5.89. The molecular weight excluding hydrogens is 348 g/mol. The number of nitro benzene ring substituents is 1. The number of phenols is 1. The SMILES string of the molecule is O=C(CNc1ccc2ccccc2c1)NN=Cc1cc(O)ccc1[N+](=O)[O-]. The first-order valence-corrected chi connectivity index (χ1v) is 8.05. The van der Waals surface area contributed by atoms with Crippen molar-refractivity contribution < 1.29 is 14.8 Å². The molecule has 0 aromatic heterocycles. The van der Waals surface area contributed by atoms with E-state index in [4.69, 9.17) is 0 Å². The normalized spacial score (nSPS) is 10.8. The number of aromatic hydroxyl groups is 1. The number of nitrogens with one attached hydrogen (secondary N) is 2. The number of carbonyl (C=O) groups is 1. The van der Waals surface area contributed by atoms with Crippen molar-refractivity contribution in [3.8, 4) is 5.75 Å². The van der Waals surface area contributed by atoms with Crippen LogP contribution in [0.2, 0.25) is 0 Å². The molecule has 8 heteroatoms. The van der Waals surface area contributed by atoms with Gasteiger partial charge in [-0.05, 0) is 35.0 Å². The zero-order valence-electron chi connectivity index (χ0n) is 14.1. The van der Waals surface area contributed by atoms with E-state index in [1.54, 1.807) is 0 Å². The van der Waals surface area contributed by atoms with Crippen LogP contribution in [0.15, 0.2) is 65.8 Å². The van der Waals surface area contributed by atoms with Crippen LogP contribution < -0.4 is 10.7 Å². The fourth-order valence-electron chi connectivity index (χ4n) is 2.51. The fourth-order valence-corrected chi connectivity index (χ4v) is 2.51. The minimum Gasteiger partial charge on any atom is -0.508 e. The number of phenolic OH excluding ortho intramolecular Hbond substituents is 1. The maximum Gasteiger partial charge on any atom is 0.278 e. The van der Waals surface area contributed by atoms with Gasteiger partial charge in [-0.3, -0.25) is 14.9 Å². The van der Waals surface area contributed by atoms with Crippen LogP contribution in [0.3, 0.4) is 0 Å². The van der Waals surface area contributed by atoms with Crippen molar-refractivity contribution >= 4 is 34.3 Å². The molecule has 3 N–H and O–H groups in total. The molecule has 1 amide bonds. The van der Waals surface area contributed by atoms with E-state index in [0.717, 1.165) is 22.7 Å². The molecular formula is C19H16N4O4. The number of rotatable bonds is 6. The Morgan fingerprint density at radius 2 is 1.89 bits per heavy atom. The fraction of sp³-hybridized carbons (Fsp3) is 0.0526. The third kappa shape index (κ3) is 4.57. The number of carbonyl (C=O) groups excluding carboxylic acids is 1. The summed E-state index contributed by atoms with van der Waals surface area (Å²) >= 11 is 0. The third-order valence-electron chi connectivity index (χ3n) is 3.80. The van der Waals surface area contributed by atoms with Crippen molar-refractivity contribution in [3.05, 3.63) is 76.3 Å². The van der Waals surface area contributed by atoms with Crippen LogP contribution in [0.5, 0.6) is 5.75 Å². The Hall–Kier alpha value is -3.94. The van der Waals surface area contributed by atoms with Crippen LogP contribution in [0.1, 0.15) is 5.56 Å². The van der Waals surface area contributed by atoms with E-state index in [1.165, 1.54) is 18.2 Å². The molecule has 3 aromatic carbocycles. The Kier molecular flexibility index (Phi) is 5.27. The predicted molar refractivity (Wildman–Crippen MR) is 103 cm³/mol. The largest absolute Gasteiger partial charge is 0.508 e. The van der Waals surface area contributed by atoms with Crippen molar-refractivity contribution in [1.82, 2.24) is 5.43 Å². The van der Waals surface area contributed by atoms with E-state index in [1.807, 2.05) is 42.5 Å². The second kappa shape index (κ2) is 7.96. The molecule has 0 saturated heterocycles. The molecule has 0 radical (unpaired) electrons. The van der Waals surface area contributed by atoms with E-state index in [9.17, 15) is 20.0 Å². The molecule has 0 fully saturated rings. The van der Waals surface area contributed by atoms with Crippen LogP contribution in [-0.2, 0) is 4.79 Å². The molecule has 27 heavy (non-hydrogen) atoms. The van der Waals surface area contributed by atoms with Gasteiger partial charge in [-0.25, -0.2) is 5.43 Å². The Bertz CT molecular complexity index is 1030. The van der Waals surface area contributed by atoms with E-state index in [2.05, 4.69) is 15.8 Å². The van der Waals surface area contributed by atoms with Crippen LogP contribution >= 0.6 is 0 Å². The number of amides is 1. The van der Waals surface area contributed by atoms with Crippen molar-refractivity contribution in [2.75, 3.05) is 11.9 Å². The summed E-state index contributed by atoms with van der Waals surface area (Å²) in [6.45, 7) is -0.0161. The second-order valence-corrected chi connectivity index (χ2v) is 5.71. The first-order valence-electron chi connectivity index (χ1n) is 8.05. The molecule has 0 aliphatic heterocycles. The summed E-state index contributed by atoms with van der Waals surface area (Å²) in [7, 11) is 0. The molecule has 0 heterocycles. The topological polar surface area (TPSA) is 117 Å². The lowest BCUT2D eigenvalue weighted by molar-refractivity contribution is -0.385. The average Bonchev–Trinajstić information content (AvgIpc) is 2.66. The molecule has 0 aliphatic carbocycles. The molecule has 0 unspecified atom stereocenters. The van der Waals surface area contributed by atoms with Gasteiger partial charge in [-0.2, -0.15) is 5.10 Å². The van der Waals surface area contributed by atoms with Crippen molar-refractivity contribution in [2.24, 2.45) is 5.10 Å². The Balaban J connectivity index is 1.58. The number of hydrogen-bond donors (Lipinski definition) is 3. The van der Waals surface area contributed by atoms with Crippen LogP contribution in [0, 0.1) is 10.1 Å². The maximum atomic E-state index is 11.9. The monoisotopic (exact) mass is 364 g/mol. The van der Waals surface area contributed by atoms with Gasteiger partial charge in [0.15, 0.2) is 0 Å². The molecule has 8 nitrogen and oxygen atoms in total. The summed E-state index contributed by atoms with van der Waals surface area (Å²) in [4.78, 5) is 22.2. The number of nitrogens with zero attached hydrogens (tertiary/aromatic N) is 2. The Labute approximate surface area is 154 Å². The summed E-state index contributed by atoms with van der Waals surface area (Å²) in [6, 6.07) is 17.2. The number of hydrazone groups is 1. The van der Waals surface area contributed by atoms with Gasteiger partial charge >= 0.3 is 0 Å². The van der Waals surface area contributed by atoms with E-state index >= 15 is 0 Å². The summed E-state index contributed by atoms with van der Waals surface area (Å²) in [5.74, 6) is -0.548. The maximum absolute atomic E-state index is 11.9. The average molecular weight is 364 g/mol. The molecule has 136 valence electrons. The first-order chi connectivity index (χ1) is 13.0. The molecule has 0 bridgehead atoms. The predicted octanol–water partition coefficient (Wildman–Crippen LogP) is 3.02. The van der Waals surface area contributed by atoms with Gasteiger partial charge in [-0.15, -0.1) is 0 Å². The van der Waals surface area contributed by atoms with Crippen molar-refractivity contribution in [1.29, 1.82) is 0 Å². The molecule has 3 aromatic rings. The van der Waals surface area contributed by atoms with E-state index in [0.29, 0.717) is 0 Å². The Morgan fingerprint density at radius 3 is 2.67 bits per heavy atom. The standard InChI is InChI=1S/C19H16N4O4/c24-17-7-8-18(23(26)27)15(10-17)11-21-22-19(25)12-20-16-6-5-13-3-1-2-4-14(13)9-16/h1-11,20,24H,12H2,(H,22,25). The molecule has 0 aliphatic rings. The van der Waals surface area contributed by atoms with E-state index in [-0.39, 0.29) is 23.5 Å². The summed E-state index contributed by atoms with van der Waals surface area (Å²) < 4.78 is 0. The number of anilines is 1. The summed E-state index contributed by atoms with van der Waals surface area (Å²) in [5.41, 5.74) is 2.94. The molecule has 3 rings (SSSR count). The van der Waals surface area contributed by atoms with Gasteiger partial charge in [0.05, 0.1) is 23.2 Å². The van der Waals surface area contributed by atoms with Gasteiger partial charge in [0.25, 0.3) is 11.6 Å². The molecule has 0 saturated carbocycles. The van der Waals surface area contributed by atoms with Gasteiger partial charge in [0, 0.05) is 11.8 Å². The Morgan fingerprint density at radius 1 is 1.11 bits per heavy atom. The number of nitro groups is 1. The summed E-state index contributed by atoms with van der Waals surface area (Å²) in [5, 5.41) is 29.2. The molecule has 0 atom stereocenters. The van der Waals surface area contributed by atoms with Crippen LogP contribution in [0.25, 0.3) is 10.8 Å². The summed E-state index contributed by atoms with van der Waals surface area (Å²) in [6.07, 6.45) is 1.12. The van der Waals surface area contributed by atoms with Gasteiger partial charge in [0.1, 0.15) is 5.75 Å². The van der Waals surface area contributed by atoms with Crippen LogP contribution in [-0.4, -0.2) is 28.7 Å². The van der Waals surface area contributed by atoms with Gasteiger partial charge in [0.2, 0.25) is 0 Å². The third-order valence-corrected chi connectivity index (χ3v) is 3.80. The lowest BCUT2D eigenvalue weighted by Crippen LogP contribution is -2.25.